The number of methoxy groups -OCH3 is 1. The largest absolute Gasteiger partial charge is 0.478 e. The number of aromatic carboxylic acids is 1. The van der Waals surface area contributed by atoms with Crippen molar-refractivity contribution in [1.82, 2.24) is 0 Å². The van der Waals surface area contributed by atoms with E-state index in [2.05, 4.69) is 4.74 Å². The molecule has 7 heteroatoms. The first-order chi connectivity index (χ1) is 12.8. The number of carbonyl (C=O) groups excluding carboxylic acids is 2. The van der Waals surface area contributed by atoms with E-state index >= 15 is 0 Å². The van der Waals surface area contributed by atoms with Crippen molar-refractivity contribution in [1.29, 1.82) is 0 Å². The van der Waals surface area contributed by atoms with E-state index in [9.17, 15) is 23.9 Å². The Kier molecular flexibility index (Phi) is 6.50. The number of hydrogen-bond donors (Lipinski definition) is 1. The third-order valence-electron chi connectivity index (χ3n) is 4.64. The van der Waals surface area contributed by atoms with Gasteiger partial charge in [-0.15, -0.1) is 0 Å². The lowest BCUT2D eigenvalue weighted by Gasteiger charge is -2.16. The number of esters is 2. The van der Waals surface area contributed by atoms with Gasteiger partial charge in [0.15, 0.2) is 0 Å². The molecule has 0 saturated carbocycles. The summed E-state index contributed by atoms with van der Waals surface area (Å²) < 4.78 is 22.6. The first-order valence-corrected chi connectivity index (χ1v) is 8.39. The molecule has 0 spiro atoms. The molecule has 1 aromatic rings. The molecule has 0 atom stereocenters. The van der Waals surface area contributed by atoms with Crippen molar-refractivity contribution in [3.8, 4) is 0 Å². The number of rotatable bonds is 7. The van der Waals surface area contributed by atoms with Crippen molar-refractivity contribution >= 4 is 24.0 Å². The van der Waals surface area contributed by atoms with Gasteiger partial charge in [0.05, 0.1) is 24.6 Å². The van der Waals surface area contributed by atoms with E-state index in [1.165, 1.54) is 13.2 Å². The molecule has 1 aliphatic heterocycles. The van der Waals surface area contributed by atoms with Crippen LogP contribution in [-0.2, 0) is 27.3 Å². The highest BCUT2D eigenvalue weighted by Crippen LogP contribution is 2.34. The Balaban J connectivity index is 2.52. The van der Waals surface area contributed by atoms with Crippen LogP contribution in [-0.4, -0.2) is 30.1 Å². The first kappa shape index (κ1) is 20.4. The predicted octanol–water partition coefficient (Wildman–Crippen LogP) is 3.75. The lowest BCUT2D eigenvalue weighted by atomic mass is 9.86. The number of allylic oxidation sites excluding steroid dienone is 2. The maximum Gasteiger partial charge on any atom is 0.339 e. The molecule has 6 nitrogen and oxygen atoms in total. The van der Waals surface area contributed by atoms with E-state index in [0.29, 0.717) is 35.0 Å². The number of halogens is 1. The maximum absolute atomic E-state index is 13.0. The fourth-order valence-electron chi connectivity index (χ4n) is 3.14. The van der Waals surface area contributed by atoms with Crippen LogP contribution in [0.4, 0.5) is 4.39 Å². The predicted molar refractivity (Wildman–Crippen MR) is 96.1 cm³/mol. The molecular formula is C20H21FO6. The molecule has 1 aromatic carbocycles. The van der Waals surface area contributed by atoms with Crippen molar-refractivity contribution in [2.45, 2.75) is 39.7 Å². The van der Waals surface area contributed by atoms with Gasteiger partial charge in [0.1, 0.15) is 6.61 Å². The molecule has 2 rings (SSSR count). The quantitative estimate of drug-likeness (QED) is 0.576. The van der Waals surface area contributed by atoms with Crippen LogP contribution in [0.5, 0.6) is 0 Å². The molecule has 144 valence electrons. The Bertz CT molecular complexity index is 851. The van der Waals surface area contributed by atoms with Gasteiger partial charge in [0.2, 0.25) is 0 Å². The van der Waals surface area contributed by atoms with Crippen molar-refractivity contribution in [3.05, 3.63) is 51.4 Å². The molecule has 0 fully saturated rings. The fourth-order valence-corrected chi connectivity index (χ4v) is 3.14. The molecule has 1 N–H and O–H groups in total. The summed E-state index contributed by atoms with van der Waals surface area (Å²) in [4.78, 5) is 35.2. The van der Waals surface area contributed by atoms with Gasteiger partial charge in [-0.3, -0.25) is 4.79 Å². The van der Waals surface area contributed by atoms with Crippen molar-refractivity contribution in [2.24, 2.45) is 0 Å². The van der Waals surface area contributed by atoms with E-state index < -0.39 is 11.9 Å². The van der Waals surface area contributed by atoms with Gasteiger partial charge >= 0.3 is 17.9 Å². The zero-order valence-electron chi connectivity index (χ0n) is 15.4. The second-order valence-electron chi connectivity index (χ2n) is 6.25. The molecule has 27 heavy (non-hydrogen) atoms. The summed E-state index contributed by atoms with van der Waals surface area (Å²) in [5.74, 6) is -2.30. The zero-order chi connectivity index (χ0) is 20.1. The van der Waals surface area contributed by atoms with Crippen molar-refractivity contribution in [3.63, 3.8) is 0 Å². The third-order valence-corrected chi connectivity index (χ3v) is 4.64. The monoisotopic (exact) mass is 376 g/mol. The molecule has 0 saturated heterocycles. The second kappa shape index (κ2) is 8.62. The molecule has 0 radical (unpaired) electrons. The summed E-state index contributed by atoms with van der Waals surface area (Å²) in [5.41, 5.74) is 2.57. The molecule has 0 bridgehead atoms. The Morgan fingerprint density at radius 3 is 2.63 bits per heavy atom. The maximum atomic E-state index is 13.0. The number of ether oxygens (including phenoxy) is 2. The van der Waals surface area contributed by atoms with E-state index in [1.807, 2.05) is 6.92 Å². The Hall–Kier alpha value is -2.96. The second-order valence-corrected chi connectivity index (χ2v) is 6.25. The number of carbonyl (C=O) groups is 3. The summed E-state index contributed by atoms with van der Waals surface area (Å²) in [5, 5.41) is 9.70. The van der Waals surface area contributed by atoms with Crippen LogP contribution in [0.2, 0.25) is 0 Å². The number of fused-ring (bicyclic) bond motifs is 1. The Labute approximate surface area is 156 Å². The highest BCUT2D eigenvalue weighted by Gasteiger charge is 2.33. The van der Waals surface area contributed by atoms with Gasteiger partial charge in [-0.2, -0.15) is 0 Å². The molecule has 1 aliphatic rings. The van der Waals surface area contributed by atoms with Crippen LogP contribution < -0.4 is 0 Å². The molecule has 0 aromatic heterocycles. The fraction of sp³-hybridized carbons (Fsp3) is 0.350. The van der Waals surface area contributed by atoms with Gasteiger partial charge in [0, 0.05) is 12.0 Å². The highest BCUT2D eigenvalue weighted by atomic mass is 19.1. The van der Waals surface area contributed by atoms with Crippen molar-refractivity contribution < 1.29 is 33.4 Å². The summed E-state index contributed by atoms with van der Waals surface area (Å²) in [6.45, 7) is 3.49. The average molecular weight is 376 g/mol. The SMILES string of the molecule is COC(=O)CC/C(C)=C/Cc1c(C=CF)c(C)c2c(c1C(=O)O)C(=O)OC2. The third kappa shape index (κ3) is 4.24. The summed E-state index contributed by atoms with van der Waals surface area (Å²) in [6.07, 6.45) is 4.14. The van der Waals surface area contributed by atoms with Gasteiger partial charge < -0.3 is 14.6 Å². The Morgan fingerprint density at radius 1 is 1.33 bits per heavy atom. The molecule has 0 unspecified atom stereocenters. The lowest BCUT2D eigenvalue weighted by Crippen LogP contribution is -2.14. The topological polar surface area (TPSA) is 89.9 Å². The van der Waals surface area contributed by atoms with Crippen LogP contribution in [0.15, 0.2) is 18.0 Å². The summed E-state index contributed by atoms with van der Waals surface area (Å²) >= 11 is 0. The van der Waals surface area contributed by atoms with Gasteiger partial charge in [-0.25, -0.2) is 14.0 Å². The standard InChI is InChI=1S/C20H21FO6/c1-11(5-7-16(22)26-3)4-6-14-13(8-9-21)12(2)15-10-27-20(25)18(15)17(14)19(23)24/h4,8-9H,5-7,10H2,1-3H3,(H,23,24)/b9-8?,11-4+. The van der Waals surface area contributed by atoms with Crippen molar-refractivity contribution in [2.75, 3.05) is 7.11 Å². The summed E-state index contributed by atoms with van der Waals surface area (Å²) in [7, 11) is 1.31. The number of benzene rings is 1. The number of hydrogen-bond acceptors (Lipinski definition) is 5. The van der Waals surface area contributed by atoms with Crippen LogP contribution in [0.3, 0.4) is 0 Å². The van der Waals surface area contributed by atoms with Crippen LogP contribution in [0, 0.1) is 6.92 Å². The molecule has 0 amide bonds. The van der Waals surface area contributed by atoms with Gasteiger partial charge in [0.25, 0.3) is 0 Å². The normalized spacial score (nSPS) is 13.6. The van der Waals surface area contributed by atoms with Gasteiger partial charge in [-0.05, 0) is 49.5 Å². The minimum Gasteiger partial charge on any atom is -0.478 e. The highest BCUT2D eigenvalue weighted by molar-refractivity contribution is 6.07. The molecular weight excluding hydrogens is 355 g/mol. The molecule has 1 heterocycles. The van der Waals surface area contributed by atoms with E-state index in [-0.39, 0.29) is 36.5 Å². The first-order valence-electron chi connectivity index (χ1n) is 8.39. The van der Waals surface area contributed by atoms with E-state index in [1.54, 1.807) is 13.0 Å². The summed E-state index contributed by atoms with van der Waals surface area (Å²) in [6, 6.07) is 0. The van der Waals surface area contributed by atoms with E-state index in [4.69, 9.17) is 4.74 Å². The minimum atomic E-state index is -1.27. The number of carboxylic acids is 1. The zero-order valence-corrected chi connectivity index (χ0v) is 15.4. The molecule has 0 aliphatic carbocycles. The van der Waals surface area contributed by atoms with Crippen LogP contribution in [0.1, 0.15) is 62.7 Å². The lowest BCUT2D eigenvalue weighted by molar-refractivity contribution is -0.140. The Morgan fingerprint density at radius 2 is 2.04 bits per heavy atom. The van der Waals surface area contributed by atoms with Crippen LogP contribution in [0.25, 0.3) is 6.08 Å². The number of cyclic esters (lactones) is 1. The minimum absolute atomic E-state index is 0.0261. The van der Waals surface area contributed by atoms with Gasteiger partial charge in [-0.1, -0.05) is 11.6 Å². The average Bonchev–Trinajstić information content (AvgIpc) is 3.01. The smallest absolute Gasteiger partial charge is 0.339 e. The van der Waals surface area contributed by atoms with Crippen LogP contribution >= 0.6 is 0 Å². The van der Waals surface area contributed by atoms with E-state index in [0.717, 1.165) is 5.57 Å². The number of carboxylic acid groups (broad SMARTS) is 1.